The van der Waals surface area contributed by atoms with E-state index < -0.39 is 0 Å². The monoisotopic (exact) mass is 244 g/mol. The molecule has 0 heterocycles. The zero-order chi connectivity index (χ0) is 12.5. The molecule has 2 aliphatic rings. The third kappa shape index (κ3) is 3.26. The summed E-state index contributed by atoms with van der Waals surface area (Å²) >= 11 is 0. The number of benzene rings is 1. The summed E-state index contributed by atoms with van der Waals surface area (Å²) in [7, 11) is 0. The second-order valence-electron chi connectivity index (χ2n) is 6.28. The number of nitrogens with zero attached hydrogens (tertiary/aromatic N) is 1. The molecule has 1 aromatic carbocycles. The zero-order valence-electron chi connectivity index (χ0n) is 11.4. The Morgan fingerprint density at radius 3 is 2.28 bits per heavy atom. The van der Waals surface area contributed by atoms with E-state index in [0.29, 0.717) is 0 Å². The number of rotatable bonds is 6. The van der Waals surface area contributed by atoms with Crippen molar-refractivity contribution in [3.8, 4) is 0 Å². The van der Waals surface area contributed by atoms with Crippen molar-refractivity contribution in [1.29, 1.82) is 0 Å². The lowest BCUT2D eigenvalue weighted by atomic mass is 10.1. The molecule has 2 nitrogen and oxygen atoms in total. The number of hydrogen-bond acceptors (Lipinski definition) is 2. The molecule has 0 amide bonds. The molecule has 0 spiro atoms. The van der Waals surface area contributed by atoms with E-state index in [1.807, 2.05) is 0 Å². The first kappa shape index (κ1) is 12.0. The van der Waals surface area contributed by atoms with Crippen LogP contribution in [0.5, 0.6) is 0 Å². The average Bonchev–Trinajstić information content (AvgIpc) is 3.19. The van der Waals surface area contributed by atoms with Crippen LogP contribution in [0.1, 0.15) is 36.8 Å². The summed E-state index contributed by atoms with van der Waals surface area (Å²) in [6, 6.07) is 6.41. The topological polar surface area (TPSA) is 29.3 Å². The van der Waals surface area contributed by atoms with E-state index in [2.05, 4.69) is 30.0 Å². The van der Waals surface area contributed by atoms with Crippen molar-refractivity contribution < 1.29 is 0 Å². The van der Waals surface area contributed by atoms with Crippen molar-refractivity contribution in [2.45, 2.75) is 39.2 Å². The highest BCUT2D eigenvalue weighted by atomic mass is 15.1. The lowest BCUT2D eigenvalue weighted by Crippen LogP contribution is -2.28. The molecule has 1 aromatic rings. The van der Waals surface area contributed by atoms with E-state index in [0.717, 1.165) is 24.1 Å². The first-order chi connectivity index (χ1) is 8.70. The molecular formula is C16H24N2. The van der Waals surface area contributed by atoms with Gasteiger partial charge < -0.3 is 5.73 Å². The Balaban J connectivity index is 1.66. The number of anilines is 1. The maximum Gasteiger partial charge on any atom is 0.0359 e. The van der Waals surface area contributed by atoms with Crippen molar-refractivity contribution in [3.05, 3.63) is 29.3 Å². The van der Waals surface area contributed by atoms with Crippen molar-refractivity contribution in [3.63, 3.8) is 0 Å². The molecule has 0 radical (unpaired) electrons. The SMILES string of the molecule is Cc1ccc(N)c(CN(CC2CC2)CC2CC2)c1. The first-order valence-corrected chi connectivity index (χ1v) is 7.28. The third-order valence-electron chi connectivity index (χ3n) is 4.12. The molecule has 0 atom stereocenters. The minimum absolute atomic E-state index is 0.956. The van der Waals surface area contributed by atoms with Crippen LogP contribution in [0.2, 0.25) is 0 Å². The van der Waals surface area contributed by atoms with Gasteiger partial charge in [-0.2, -0.15) is 0 Å². The molecule has 2 aliphatic carbocycles. The van der Waals surface area contributed by atoms with E-state index >= 15 is 0 Å². The summed E-state index contributed by atoms with van der Waals surface area (Å²) in [5, 5.41) is 0. The molecule has 2 saturated carbocycles. The van der Waals surface area contributed by atoms with Gasteiger partial charge in [0.2, 0.25) is 0 Å². The fraction of sp³-hybridized carbons (Fsp3) is 0.625. The third-order valence-corrected chi connectivity index (χ3v) is 4.12. The van der Waals surface area contributed by atoms with Crippen LogP contribution in [0.4, 0.5) is 5.69 Å². The maximum absolute atomic E-state index is 6.10. The molecular weight excluding hydrogens is 220 g/mol. The number of hydrogen-bond donors (Lipinski definition) is 1. The first-order valence-electron chi connectivity index (χ1n) is 7.28. The largest absolute Gasteiger partial charge is 0.398 e. The second-order valence-corrected chi connectivity index (χ2v) is 6.28. The van der Waals surface area contributed by atoms with Gasteiger partial charge in [0, 0.05) is 25.3 Å². The molecule has 2 heteroatoms. The summed E-state index contributed by atoms with van der Waals surface area (Å²) in [6.45, 7) is 5.75. The highest BCUT2D eigenvalue weighted by Gasteiger charge is 2.29. The van der Waals surface area contributed by atoms with Crippen LogP contribution in [0.25, 0.3) is 0 Å². The fourth-order valence-corrected chi connectivity index (χ4v) is 2.65. The van der Waals surface area contributed by atoms with Gasteiger partial charge in [-0.15, -0.1) is 0 Å². The Bertz CT molecular complexity index is 405. The number of nitrogens with two attached hydrogens (primary N) is 1. The van der Waals surface area contributed by atoms with Crippen LogP contribution in [-0.2, 0) is 6.54 Å². The second kappa shape index (κ2) is 4.93. The van der Waals surface area contributed by atoms with E-state index in [9.17, 15) is 0 Å². The van der Waals surface area contributed by atoms with Gasteiger partial charge in [0.25, 0.3) is 0 Å². The highest BCUT2D eigenvalue weighted by Crippen LogP contribution is 2.34. The van der Waals surface area contributed by atoms with Crippen LogP contribution in [0.15, 0.2) is 18.2 Å². The fourth-order valence-electron chi connectivity index (χ4n) is 2.65. The van der Waals surface area contributed by atoms with E-state index in [-0.39, 0.29) is 0 Å². The molecule has 0 aliphatic heterocycles. The molecule has 0 aromatic heterocycles. The van der Waals surface area contributed by atoms with Crippen molar-refractivity contribution in [1.82, 2.24) is 4.90 Å². The molecule has 3 rings (SSSR count). The van der Waals surface area contributed by atoms with Gasteiger partial charge >= 0.3 is 0 Å². The minimum Gasteiger partial charge on any atom is -0.398 e. The van der Waals surface area contributed by atoms with E-state index in [4.69, 9.17) is 5.73 Å². The molecule has 0 bridgehead atoms. The van der Waals surface area contributed by atoms with Gasteiger partial charge in [-0.25, -0.2) is 0 Å². The summed E-state index contributed by atoms with van der Waals surface area (Å²) in [6.07, 6.45) is 5.74. The zero-order valence-corrected chi connectivity index (χ0v) is 11.4. The summed E-state index contributed by atoms with van der Waals surface area (Å²) in [5.41, 5.74) is 9.69. The summed E-state index contributed by atoms with van der Waals surface area (Å²) in [4.78, 5) is 2.64. The van der Waals surface area contributed by atoms with E-state index in [1.54, 1.807) is 0 Å². The van der Waals surface area contributed by atoms with E-state index in [1.165, 1.54) is 49.9 Å². The number of nitrogen functional groups attached to an aromatic ring is 1. The van der Waals surface area contributed by atoms with Gasteiger partial charge in [-0.3, -0.25) is 4.90 Å². The van der Waals surface area contributed by atoms with Crippen molar-refractivity contribution >= 4 is 5.69 Å². The van der Waals surface area contributed by atoms with Crippen molar-refractivity contribution in [2.75, 3.05) is 18.8 Å². The van der Waals surface area contributed by atoms with Gasteiger partial charge in [0.15, 0.2) is 0 Å². The Morgan fingerprint density at radius 2 is 1.72 bits per heavy atom. The Kier molecular flexibility index (Phi) is 3.29. The average molecular weight is 244 g/mol. The Labute approximate surface area is 110 Å². The van der Waals surface area contributed by atoms with Gasteiger partial charge in [0.1, 0.15) is 0 Å². The standard InChI is InChI=1S/C16H24N2/c1-12-2-7-16(17)15(8-12)11-18(9-13-3-4-13)10-14-5-6-14/h2,7-8,13-14H,3-6,9-11,17H2,1H3. The molecule has 0 unspecified atom stereocenters. The maximum atomic E-state index is 6.10. The lowest BCUT2D eigenvalue weighted by Gasteiger charge is -2.23. The molecule has 2 N–H and O–H groups in total. The minimum atomic E-state index is 0.956. The van der Waals surface area contributed by atoms with Crippen LogP contribution >= 0.6 is 0 Å². The summed E-state index contributed by atoms with van der Waals surface area (Å²) < 4.78 is 0. The Hall–Kier alpha value is -1.02. The summed E-state index contributed by atoms with van der Waals surface area (Å²) in [5.74, 6) is 1.93. The molecule has 18 heavy (non-hydrogen) atoms. The lowest BCUT2D eigenvalue weighted by molar-refractivity contribution is 0.244. The van der Waals surface area contributed by atoms with Crippen LogP contribution in [-0.4, -0.2) is 18.0 Å². The smallest absolute Gasteiger partial charge is 0.0359 e. The van der Waals surface area contributed by atoms with Crippen LogP contribution in [0.3, 0.4) is 0 Å². The van der Waals surface area contributed by atoms with Gasteiger partial charge in [-0.1, -0.05) is 17.7 Å². The predicted molar refractivity (Wildman–Crippen MR) is 76.3 cm³/mol. The normalized spacial score (nSPS) is 19.4. The Morgan fingerprint density at radius 1 is 1.11 bits per heavy atom. The molecule has 2 fully saturated rings. The molecule has 0 saturated heterocycles. The van der Waals surface area contributed by atoms with Gasteiger partial charge in [-0.05, 0) is 56.1 Å². The van der Waals surface area contributed by atoms with Crippen LogP contribution < -0.4 is 5.73 Å². The highest BCUT2D eigenvalue weighted by molar-refractivity contribution is 5.48. The number of aryl methyl sites for hydroxylation is 1. The molecule has 98 valence electrons. The van der Waals surface area contributed by atoms with Crippen molar-refractivity contribution in [2.24, 2.45) is 11.8 Å². The predicted octanol–water partition coefficient (Wildman–Crippen LogP) is 3.20. The quantitative estimate of drug-likeness (QED) is 0.779. The van der Waals surface area contributed by atoms with Crippen LogP contribution in [0, 0.1) is 18.8 Å². The van der Waals surface area contributed by atoms with Gasteiger partial charge in [0.05, 0.1) is 0 Å².